The smallest absolute Gasteiger partial charge is 0.279 e. The summed E-state index contributed by atoms with van der Waals surface area (Å²) < 4.78 is 0. The second-order valence-corrected chi connectivity index (χ2v) is 5.91. The van der Waals surface area contributed by atoms with E-state index in [2.05, 4.69) is 5.32 Å². The van der Waals surface area contributed by atoms with Crippen LogP contribution in [0.15, 0.2) is 48.5 Å². The Hall–Kier alpha value is -2.17. The number of halogens is 1. The van der Waals surface area contributed by atoms with E-state index in [9.17, 15) is 9.59 Å². The van der Waals surface area contributed by atoms with Gasteiger partial charge in [-0.3, -0.25) is 9.59 Å². The molecule has 0 aliphatic carbocycles. The first kappa shape index (κ1) is 17.2. The summed E-state index contributed by atoms with van der Waals surface area (Å²) in [5, 5.41) is 5.44. The number of ketones is 1. The van der Waals surface area contributed by atoms with E-state index in [1.807, 2.05) is 36.5 Å². The number of quaternary nitrogens is 1. The lowest BCUT2D eigenvalue weighted by atomic mass is 10.1. The molecule has 0 aliphatic rings. The Morgan fingerprint density at radius 1 is 1.17 bits per heavy atom. The number of carbonyl (C=O) groups excluding carboxylic acids is 2. The lowest BCUT2D eigenvalue weighted by Crippen LogP contribution is -2.86. The summed E-state index contributed by atoms with van der Waals surface area (Å²) in [6.45, 7) is 3.81. The SMILES string of the molecule is CC(=O)c1cccc(NC(=O)C[NH2+][C@H](C)c2cccc(Cl)c2)c1. The fourth-order valence-corrected chi connectivity index (χ4v) is 2.44. The number of nitrogens with two attached hydrogens (primary N) is 1. The molecule has 1 amide bonds. The highest BCUT2D eigenvalue weighted by Gasteiger charge is 2.12. The second-order valence-electron chi connectivity index (χ2n) is 5.47. The van der Waals surface area contributed by atoms with E-state index in [1.165, 1.54) is 6.92 Å². The molecule has 0 radical (unpaired) electrons. The van der Waals surface area contributed by atoms with Crippen LogP contribution < -0.4 is 10.6 Å². The molecule has 5 heteroatoms. The summed E-state index contributed by atoms with van der Waals surface area (Å²) in [7, 11) is 0. The van der Waals surface area contributed by atoms with E-state index in [0.717, 1.165) is 5.56 Å². The largest absolute Gasteiger partial charge is 0.333 e. The van der Waals surface area contributed by atoms with Crippen LogP contribution >= 0.6 is 11.6 Å². The molecule has 2 rings (SSSR count). The van der Waals surface area contributed by atoms with E-state index in [0.29, 0.717) is 16.3 Å². The molecule has 0 saturated carbocycles. The van der Waals surface area contributed by atoms with Crippen molar-refractivity contribution in [3.63, 3.8) is 0 Å². The standard InChI is InChI=1S/C18H19ClN2O2/c1-12(14-5-3-7-16(19)9-14)20-11-18(23)21-17-8-4-6-15(10-17)13(2)22/h3-10,12,20H,11H2,1-2H3,(H,21,23)/p+1/t12-/m1/s1. The highest BCUT2D eigenvalue weighted by atomic mass is 35.5. The fourth-order valence-electron chi connectivity index (χ4n) is 2.24. The molecular weight excluding hydrogens is 312 g/mol. The normalized spacial score (nSPS) is 11.8. The average Bonchev–Trinajstić information content (AvgIpc) is 2.53. The summed E-state index contributed by atoms with van der Waals surface area (Å²) in [4.78, 5) is 23.4. The highest BCUT2D eigenvalue weighted by molar-refractivity contribution is 6.30. The Morgan fingerprint density at radius 3 is 2.61 bits per heavy atom. The molecule has 120 valence electrons. The van der Waals surface area contributed by atoms with Gasteiger partial charge in [-0.05, 0) is 38.1 Å². The molecule has 0 unspecified atom stereocenters. The van der Waals surface area contributed by atoms with E-state index < -0.39 is 0 Å². The molecule has 0 bridgehead atoms. The van der Waals surface area contributed by atoms with Crippen LogP contribution in [-0.2, 0) is 4.79 Å². The van der Waals surface area contributed by atoms with Crippen molar-refractivity contribution in [1.29, 1.82) is 0 Å². The van der Waals surface area contributed by atoms with E-state index >= 15 is 0 Å². The van der Waals surface area contributed by atoms with Crippen molar-refractivity contribution in [2.45, 2.75) is 19.9 Å². The van der Waals surface area contributed by atoms with Crippen LogP contribution in [-0.4, -0.2) is 18.2 Å². The number of rotatable bonds is 6. The van der Waals surface area contributed by atoms with Crippen LogP contribution in [0.25, 0.3) is 0 Å². The molecule has 4 nitrogen and oxygen atoms in total. The van der Waals surface area contributed by atoms with Crippen LogP contribution in [0.2, 0.25) is 5.02 Å². The first-order valence-corrected chi connectivity index (χ1v) is 7.83. The van der Waals surface area contributed by atoms with E-state index in [-0.39, 0.29) is 24.3 Å². The predicted octanol–water partition coefficient (Wildman–Crippen LogP) is 2.81. The quantitative estimate of drug-likeness (QED) is 0.799. The molecule has 0 aromatic heterocycles. The number of hydrogen-bond acceptors (Lipinski definition) is 2. The van der Waals surface area contributed by atoms with Gasteiger partial charge in [-0.1, -0.05) is 35.9 Å². The van der Waals surface area contributed by atoms with Crippen molar-refractivity contribution < 1.29 is 14.9 Å². The number of carbonyl (C=O) groups is 2. The van der Waals surface area contributed by atoms with Crippen LogP contribution in [0, 0.1) is 0 Å². The monoisotopic (exact) mass is 331 g/mol. The van der Waals surface area contributed by atoms with Crippen molar-refractivity contribution in [2.75, 3.05) is 11.9 Å². The zero-order chi connectivity index (χ0) is 16.8. The van der Waals surface area contributed by atoms with Crippen molar-refractivity contribution in [1.82, 2.24) is 0 Å². The topological polar surface area (TPSA) is 62.8 Å². The van der Waals surface area contributed by atoms with Gasteiger partial charge in [0.1, 0.15) is 6.04 Å². The Bertz CT molecular complexity index is 716. The Kier molecular flexibility index (Phi) is 5.90. The Balaban J connectivity index is 1.90. The van der Waals surface area contributed by atoms with Gasteiger partial charge in [-0.15, -0.1) is 0 Å². The van der Waals surface area contributed by atoms with Gasteiger partial charge in [0.15, 0.2) is 12.3 Å². The summed E-state index contributed by atoms with van der Waals surface area (Å²) in [5.41, 5.74) is 2.29. The Labute approximate surface area is 140 Å². The first-order valence-electron chi connectivity index (χ1n) is 7.45. The number of hydrogen-bond donors (Lipinski definition) is 2. The van der Waals surface area contributed by atoms with Crippen LogP contribution in [0.1, 0.15) is 35.8 Å². The predicted molar refractivity (Wildman–Crippen MR) is 91.7 cm³/mol. The van der Waals surface area contributed by atoms with Gasteiger partial charge < -0.3 is 10.6 Å². The lowest BCUT2D eigenvalue weighted by Gasteiger charge is -2.11. The maximum absolute atomic E-state index is 12.0. The molecule has 1 atom stereocenters. The van der Waals surface area contributed by atoms with Gasteiger partial charge >= 0.3 is 0 Å². The molecule has 2 aromatic carbocycles. The average molecular weight is 332 g/mol. The fraction of sp³-hybridized carbons (Fsp3) is 0.222. The molecule has 0 heterocycles. The minimum absolute atomic E-state index is 0.0257. The second kappa shape index (κ2) is 7.90. The highest BCUT2D eigenvalue weighted by Crippen LogP contribution is 2.14. The molecule has 2 aromatic rings. The molecule has 0 fully saturated rings. The van der Waals surface area contributed by atoms with E-state index in [4.69, 9.17) is 11.6 Å². The minimum Gasteiger partial charge on any atom is -0.333 e. The number of amides is 1. The maximum atomic E-state index is 12.0. The van der Waals surface area contributed by atoms with Gasteiger partial charge in [0.25, 0.3) is 5.91 Å². The van der Waals surface area contributed by atoms with Crippen LogP contribution in [0.4, 0.5) is 5.69 Å². The molecular formula is C18H20ClN2O2+. The zero-order valence-corrected chi connectivity index (χ0v) is 13.9. The van der Waals surface area contributed by atoms with Gasteiger partial charge in [-0.25, -0.2) is 0 Å². The summed E-state index contributed by atoms with van der Waals surface area (Å²) in [5.74, 6) is -0.137. The van der Waals surface area contributed by atoms with Crippen molar-refractivity contribution in [3.05, 3.63) is 64.7 Å². The number of anilines is 1. The molecule has 0 spiro atoms. The third-order valence-electron chi connectivity index (χ3n) is 3.58. The maximum Gasteiger partial charge on any atom is 0.279 e. The van der Waals surface area contributed by atoms with Crippen molar-refractivity contribution in [2.24, 2.45) is 0 Å². The van der Waals surface area contributed by atoms with Gasteiger partial charge in [0.2, 0.25) is 0 Å². The lowest BCUT2D eigenvalue weighted by molar-refractivity contribution is -0.682. The Morgan fingerprint density at radius 2 is 1.91 bits per heavy atom. The summed E-state index contributed by atoms with van der Waals surface area (Å²) in [6.07, 6.45) is 0. The number of benzene rings is 2. The molecule has 0 saturated heterocycles. The number of nitrogens with one attached hydrogen (secondary N) is 1. The van der Waals surface area contributed by atoms with E-state index in [1.54, 1.807) is 24.3 Å². The first-order chi connectivity index (χ1) is 11.0. The molecule has 3 N–H and O–H groups in total. The number of Topliss-reactive ketones (excluding diaryl/α,β-unsaturated/α-hetero) is 1. The van der Waals surface area contributed by atoms with Gasteiger partial charge in [0.05, 0.1) is 0 Å². The third kappa shape index (κ3) is 5.20. The van der Waals surface area contributed by atoms with Gasteiger partial charge in [0, 0.05) is 21.8 Å². The van der Waals surface area contributed by atoms with Crippen LogP contribution in [0.3, 0.4) is 0 Å². The summed E-state index contributed by atoms with van der Waals surface area (Å²) >= 11 is 5.98. The summed E-state index contributed by atoms with van der Waals surface area (Å²) in [6, 6.07) is 14.7. The minimum atomic E-state index is -0.111. The van der Waals surface area contributed by atoms with Crippen molar-refractivity contribution >= 4 is 29.0 Å². The van der Waals surface area contributed by atoms with Gasteiger partial charge in [-0.2, -0.15) is 0 Å². The zero-order valence-electron chi connectivity index (χ0n) is 13.2. The van der Waals surface area contributed by atoms with Crippen LogP contribution in [0.5, 0.6) is 0 Å². The third-order valence-corrected chi connectivity index (χ3v) is 3.82. The molecule has 0 aliphatic heterocycles. The van der Waals surface area contributed by atoms with Crippen molar-refractivity contribution in [3.8, 4) is 0 Å². The molecule has 23 heavy (non-hydrogen) atoms.